The Balaban J connectivity index is 2.86. The summed E-state index contributed by atoms with van der Waals surface area (Å²) in [4.78, 5) is 15.5. The van der Waals surface area contributed by atoms with Gasteiger partial charge in [-0.15, -0.1) is 0 Å². The van der Waals surface area contributed by atoms with E-state index >= 15 is 0 Å². The molecule has 0 saturated heterocycles. The molecule has 0 aliphatic heterocycles. The Bertz CT molecular complexity index is 379. The predicted molar refractivity (Wildman–Crippen MR) is 62.2 cm³/mol. The minimum atomic E-state index is -0.462. The quantitative estimate of drug-likeness (QED) is 0.596. The minimum Gasteiger partial charge on any atom is -0.495 e. The van der Waals surface area contributed by atoms with Crippen molar-refractivity contribution in [2.75, 3.05) is 20.8 Å². The molecule has 0 spiro atoms. The number of carbonyl (C=O) groups is 1. The van der Waals surface area contributed by atoms with E-state index in [9.17, 15) is 4.79 Å². The van der Waals surface area contributed by atoms with Gasteiger partial charge in [-0.2, -0.15) is 0 Å². The zero-order valence-electron chi connectivity index (χ0n) is 10.1. The molecule has 0 aliphatic carbocycles. The Hall–Kier alpha value is -1.62. The lowest BCUT2D eigenvalue weighted by molar-refractivity contribution is 0.0593. The summed E-state index contributed by atoms with van der Waals surface area (Å²) in [6.07, 6.45) is 2.16. The van der Waals surface area contributed by atoms with Crippen LogP contribution in [0.1, 0.15) is 29.0 Å². The van der Waals surface area contributed by atoms with E-state index in [0.717, 1.165) is 6.42 Å². The maximum atomic E-state index is 11.3. The first-order valence-corrected chi connectivity index (χ1v) is 5.46. The number of pyridine rings is 1. The van der Waals surface area contributed by atoms with Gasteiger partial charge in [-0.3, -0.25) is 0 Å². The van der Waals surface area contributed by atoms with E-state index in [4.69, 9.17) is 9.84 Å². The molecule has 0 bridgehead atoms. The molecule has 0 fully saturated rings. The zero-order valence-corrected chi connectivity index (χ0v) is 10.1. The summed E-state index contributed by atoms with van der Waals surface area (Å²) in [7, 11) is 2.88. The highest BCUT2D eigenvalue weighted by molar-refractivity contribution is 5.87. The summed E-state index contributed by atoms with van der Waals surface area (Å²) in [5.74, 6) is 0.187. The van der Waals surface area contributed by atoms with Crippen molar-refractivity contribution in [3.8, 4) is 5.75 Å². The highest BCUT2D eigenvalue weighted by Crippen LogP contribution is 2.19. The largest absolute Gasteiger partial charge is 0.495 e. The molecule has 1 heterocycles. The Kier molecular flexibility index (Phi) is 5.42. The molecule has 0 saturated carbocycles. The van der Waals surface area contributed by atoms with Gasteiger partial charge in [0.15, 0.2) is 0 Å². The van der Waals surface area contributed by atoms with Gasteiger partial charge in [-0.05, 0) is 31.4 Å². The molecule has 0 amide bonds. The van der Waals surface area contributed by atoms with Gasteiger partial charge < -0.3 is 14.6 Å². The molecule has 1 rings (SSSR count). The first-order chi connectivity index (χ1) is 8.22. The summed E-state index contributed by atoms with van der Waals surface area (Å²) in [5, 5.41) is 8.73. The molecule has 1 N–H and O–H groups in total. The number of ether oxygens (including phenoxy) is 2. The third kappa shape index (κ3) is 3.71. The number of aromatic nitrogens is 1. The second-order valence-electron chi connectivity index (χ2n) is 3.52. The normalized spacial score (nSPS) is 10.1. The Morgan fingerprint density at radius 3 is 2.71 bits per heavy atom. The van der Waals surface area contributed by atoms with Crippen molar-refractivity contribution in [1.29, 1.82) is 0 Å². The highest BCUT2D eigenvalue weighted by atomic mass is 16.5. The van der Waals surface area contributed by atoms with Gasteiger partial charge in [0, 0.05) is 6.61 Å². The van der Waals surface area contributed by atoms with Crippen LogP contribution in [0.3, 0.4) is 0 Å². The number of aryl methyl sites for hydroxylation is 1. The number of aliphatic hydroxyl groups excluding tert-OH is 1. The number of hydrogen-bond acceptors (Lipinski definition) is 5. The van der Waals surface area contributed by atoms with Crippen LogP contribution in [0.2, 0.25) is 0 Å². The van der Waals surface area contributed by atoms with Gasteiger partial charge in [-0.25, -0.2) is 9.78 Å². The molecule has 5 heteroatoms. The van der Waals surface area contributed by atoms with Crippen molar-refractivity contribution >= 4 is 5.97 Å². The lowest BCUT2D eigenvalue weighted by Crippen LogP contribution is -2.07. The van der Waals surface area contributed by atoms with Crippen LogP contribution in [0.25, 0.3) is 0 Å². The Labute approximate surface area is 100 Å². The number of nitrogens with zero attached hydrogens (tertiary/aromatic N) is 1. The summed E-state index contributed by atoms with van der Waals surface area (Å²) in [5.41, 5.74) is 0.983. The third-order valence-electron chi connectivity index (χ3n) is 2.37. The van der Waals surface area contributed by atoms with Crippen LogP contribution >= 0.6 is 0 Å². The first-order valence-electron chi connectivity index (χ1n) is 5.46. The number of carbonyl (C=O) groups excluding carboxylic acids is 1. The van der Waals surface area contributed by atoms with Crippen molar-refractivity contribution in [2.24, 2.45) is 0 Å². The van der Waals surface area contributed by atoms with Gasteiger partial charge in [-0.1, -0.05) is 0 Å². The SMILES string of the molecule is COC(=O)c1ccc(OC)c(CCCCO)n1. The topological polar surface area (TPSA) is 68.7 Å². The van der Waals surface area contributed by atoms with Crippen LogP contribution in [0, 0.1) is 0 Å². The van der Waals surface area contributed by atoms with Crippen molar-refractivity contribution < 1.29 is 19.4 Å². The first kappa shape index (κ1) is 13.4. The summed E-state index contributed by atoms with van der Waals surface area (Å²) < 4.78 is 9.78. The minimum absolute atomic E-state index is 0.152. The molecule has 0 unspecified atom stereocenters. The van der Waals surface area contributed by atoms with E-state index < -0.39 is 5.97 Å². The fraction of sp³-hybridized carbons (Fsp3) is 0.500. The van der Waals surface area contributed by atoms with E-state index in [1.54, 1.807) is 19.2 Å². The fourth-order valence-corrected chi connectivity index (χ4v) is 1.48. The van der Waals surface area contributed by atoms with Gasteiger partial charge in [0.05, 0.1) is 19.9 Å². The molecule has 94 valence electrons. The Morgan fingerprint density at radius 1 is 1.35 bits per heavy atom. The molecular weight excluding hydrogens is 222 g/mol. The van der Waals surface area contributed by atoms with E-state index in [2.05, 4.69) is 9.72 Å². The molecule has 1 aromatic rings. The van der Waals surface area contributed by atoms with Crippen molar-refractivity contribution in [3.05, 3.63) is 23.5 Å². The lowest BCUT2D eigenvalue weighted by atomic mass is 10.1. The van der Waals surface area contributed by atoms with Crippen LogP contribution in [0.15, 0.2) is 12.1 Å². The molecule has 1 aromatic heterocycles. The lowest BCUT2D eigenvalue weighted by Gasteiger charge is -2.08. The van der Waals surface area contributed by atoms with E-state index in [-0.39, 0.29) is 12.3 Å². The second-order valence-corrected chi connectivity index (χ2v) is 3.52. The van der Waals surface area contributed by atoms with Crippen LogP contribution in [0.4, 0.5) is 0 Å². The number of esters is 1. The smallest absolute Gasteiger partial charge is 0.356 e. The van der Waals surface area contributed by atoms with Gasteiger partial charge in [0.2, 0.25) is 0 Å². The molecule has 17 heavy (non-hydrogen) atoms. The van der Waals surface area contributed by atoms with Crippen LogP contribution in [-0.4, -0.2) is 36.9 Å². The number of aliphatic hydroxyl groups is 1. The standard InChI is InChI=1S/C12H17NO4/c1-16-11-7-6-10(12(15)17-2)13-9(11)5-3-4-8-14/h6-7,14H,3-5,8H2,1-2H3. The van der Waals surface area contributed by atoms with Crippen LogP contribution < -0.4 is 4.74 Å². The van der Waals surface area contributed by atoms with Crippen molar-refractivity contribution in [2.45, 2.75) is 19.3 Å². The molecular formula is C12H17NO4. The zero-order chi connectivity index (χ0) is 12.7. The average Bonchev–Trinajstić information content (AvgIpc) is 2.38. The Morgan fingerprint density at radius 2 is 2.12 bits per heavy atom. The maximum Gasteiger partial charge on any atom is 0.356 e. The van der Waals surface area contributed by atoms with Crippen LogP contribution in [0.5, 0.6) is 5.75 Å². The summed E-state index contributed by atoms with van der Waals surface area (Å²) >= 11 is 0. The van der Waals surface area contributed by atoms with Crippen molar-refractivity contribution in [3.63, 3.8) is 0 Å². The van der Waals surface area contributed by atoms with Gasteiger partial charge >= 0.3 is 5.97 Å². The van der Waals surface area contributed by atoms with Gasteiger partial charge in [0.1, 0.15) is 11.4 Å². The molecule has 0 atom stereocenters. The summed E-state index contributed by atoms with van der Waals surface area (Å²) in [6, 6.07) is 3.27. The molecule has 0 aromatic carbocycles. The van der Waals surface area contributed by atoms with Crippen molar-refractivity contribution in [1.82, 2.24) is 4.98 Å². The molecule has 0 aliphatic rings. The monoisotopic (exact) mass is 239 g/mol. The van der Waals surface area contributed by atoms with Crippen LogP contribution in [-0.2, 0) is 11.2 Å². The number of rotatable bonds is 6. The highest BCUT2D eigenvalue weighted by Gasteiger charge is 2.11. The van der Waals surface area contributed by atoms with E-state index in [1.807, 2.05) is 0 Å². The van der Waals surface area contributed by atoms with Gasteiger partial charge in [0.25, 0.3) is 0 Å². The number of hydrogen-bond donors (Lipinski definition) is 1. The van der Waals surface area contributed by atoms with E-state index in [0.29, 0.717) is 24.3 Å². The average molecular weight is 239 g/mol. The number of unbranched alkanes of at least 4 members (excludes halogenated alkanes) is 1. The maximum absolute atomic E-state index is 11.3. The summed E-state index contributed by atoms with van der Waals surface area (Å²) in [6.45, 7) is 0.152. The number of methoxy groups -OCH3 is 2. The molecule has 0 radical (unpaired) electrons. The third-order valence-corrected chi connectivity index (χ3v) is 2.37. The second kappa shape index (κ2) is 6.85. The fourth-order valence-electron chi connectivity index (χ4n) is 1.48. The predicted octanol–water partition coefficient (Wildman–Crippen LogP) is 1.19. The van der Waals surface area contributed by atoms with E-state index in [1.165, 1.54) is 7.11 Å². The molecule has 5 nitrogen and oxygen atoms in total.